The second-order valence-electron chi connectivity index (χ2n) is 4.86. The summed E-state index contributed by atoms with van der Waals surface area (Å²) in [6, 6.07) is 6.60. The van der Waals surface area contributed by atoms with Crippen molar-refractivity contribution in [2.45, 2.75) is 31.6 Å². The first-order chi connectivity index (χ1) is 9.03. The second-order valence-corrected chi connectivity index (χ2v) is 4.86. The molecule has 1 aromatic rings. The van der Waals surface area contributed by atoms with E-state index in [2.05, 4.69) is 5.32 Å². The highest BCUT2D eigenvalue weighted by Gasteiger charge is 2.39. The molecule has 2 rings (SSSR count). The summed E-state index contributed by atoms with van der Waals surface area (Å²) in [7, 11) is 0. The minimum Gasteiger partial charge on any atom is -0.386 e. The summed E-state index contributed by atoms with van der Waals surface area (Å²) < 4.78 is 5.33. The van der Waals surface area contributed by atoms with Gasteiger partial charge in [-0.3, -0.25) is 10.1 Å². The van der Waals surface area contributed by atoms with Crippen LogP contribution in [0.25, 0.3) is 0 Å². The smallest absolute Gasteiger partial charge is 0.273 e. The number of rotatable bonds is 5. The number of nitrogens with zero attached hydrogens (tertiary/aromatic N) is 1. The molecule has 6 nitrogen and oxygen atoms in total. The molecule has 104 valence electrons. The van der Waals surface area contributed by atoms with E-state index in [0.717, 1.165) is 0 Å². The third-order valence-corrected chi connectivity index (χ3v) is 3.59. The molecular weight excluding hydrogens is 248 g/mol. The van der Waals surface area contributed by atoms with Crippen molar-refractivity contribution in [2.75, 3.05) is 13.2 Å². The molecule has 19 heavy (non-hydrogen) atoms. The van der Waals surface area contributed by atoms with Gasteiger partial charge in [0.05, 0.1) is 11.0 Å². The predicted octanol–water partition coefficient (Wildman–Crippen LogP) is 1.22. The topological polar surface area (TPSA) is 84.6 Å². The minimum absolute atomic E-state index is 0.0951. The van der Waals surface area contributed by atoms with Crippen LogP contribution in [0.2, 0.25) is 0 Å². The van der Waals surface area contributed by atoms with Crippen LogP contribution in [0.4, 0.5) is 5.69 Å². The SMILES string of the molecule is CC1OCCC1(O)CNCc1ccccc1[N+](=O)[O-]. The molecule has 6 heteroatoms. The number of hydrogen-bond acceptors (Lipinski definition) is 5. The van der Waals surface area contributed by atoms with Gasteiger partial charge in [-0.2, -0.15) is 0 Å². The molecule has 2 N–H and O–H groups in total. The van der Waals surface area contributed by atoms with Gasteiger partial charge in [0.15, 0.2) is 0 Å². The fourth-order valence-corrected chi connectivity index (χ4v) is 2.25. The number of aliphatic hydroxyl groups is 1. The molecule has 2 unspecified atom stereocenters. The van der Waals surface area contributed by atoms with Crippen LogP contribution in [-0.4, -0.2) is 34.9 Å². The fraction of sp³-hybridized carbons (Fsp3) is 0.538. The molecule has 0 spiro atoms. The Kier molecular flexibility index (Phi) is 4.14. The van der Waals surface area contributed by atoms with E-state index in [1.807, 2.05) is 6.92 Å². The number of ether oxygens (including phenoxy) is 1. The van der Waals surface area contributed by atoms with Gasteiger partial charge >= 0.3 is 0 Å². The van der Waals surface area contributed by atoms with Gasteiger partial charge in [-0.15, -0.1) is 0 Å². The molecule has 1 aliphatic heterocycles. The van der Waals surface area contributed by atoms with Gasteiger partial charge in [0, 0.05) is 37.7 Å². The average molecular weight is 266 g/mol. The second kappa shape index (κ2) is 5.64. The lowest BCUT2D eigenvalue weighted by Gasteiger charge is -2.26. The highest BCUT2D eigenvalue weighted by atomic mass is 16.6. The number of nitro benzene ring substituents is 1. The molecule has 1 heterocycles. The molecule has 0 radical (unpaired) electrons. The monoisotopic (exact) mass is 266 g/mol. The van der Waals surface area contributed by atoms with Gasteiger partial charge in [-0.1, -0.05) is 18.2 Å². The quantitative estimate of drug-likeness (QED) is 0.618. The first kappa shape index (κ1) is 13.9. The van der Waals surface area contributed by atoms with E-state index in [-0.39, 0.29) is 11.8 Å². The Balaban J connectivity index is 1.94. The third-order valence-electron chi connectivity index (χ3n) is 3.59. The normalized spacial score (nSPS) is 26.5. The van der Waals surface area contributed by atoms with Crippen molar-refractivity contribution in [1.82, 2.24) is 5.32 Å². The molecule has 0 saturated carbocycles. The van der Waals surface area contributed by atoms with E-state index in [1.54, 1.807) is 18.2 Å². The summed E-state index contributed by atoms with van der Waals surface area (Å²) in [6.45, 7) is 3.09. The van der Waals surface area contributed by atoms with Crippen LogP contribution in [0.5, 0.6) is 0 Å². The van der Waals surface area contributed by atoms with E-state index < -0.39 is 10.5 Å². The average Bonchev–Trinajstić information content (AvgIpc) is 2.70. The molecule has 1 fully saturated rings. The van der Waals surface area contributed by atoms with E-state index in [9.17, 15) is 15.2 Å². The van der Waals surface area contributed by atoms with Crippen LogP contribution in [-0.2, 0) is 11.3 Å². The summed E-state index contributed by atoms with van der Waals surface area (Å²) in [4.78, 5) is 10.5. The molecular formula is C13H18N2O4. The summed E-state index contributed by atoms with van der Waals surface area (Å²) in [6.07, 6.45) is 0.365. The summed E-state index contributed by atoms with van der Waals surface area (Å²) in [5.41, 5.74) is -0.177. The highest BCUT2D eigenvalue weighted by molar-refractivity contribution is 5.39. The number of nitro groups is 1. The third kappa shape index (κ3) is 3.09. The fourth-order valence-electron chi connectivity index (χ4n) is 2.25. The van der Waals surface area contributed by atoms with Crippen molar-refractivity contribution >= 4 is 5.69 Å². The highest BCUT2D eigenvalue weighted by Crippen LogP contribution is 2.25. The van der Waals surface area contributed by atoms with E-state index in [4.69, 9.17) is 4.74 Å². The van der Waals surface area contributed by atoms with E-state index in [1.165, 1.54) is 6.07 Å². The van der Waals surface area contributed by atoms with Crippen LogP contribution in [0.3, 0.4) is 0 Å². The van der Waals surface area contributed by atoms with Gasteiger partial charge < -0.3 is 15.2 Å². The number of hydrogen-bond donors (Lipinski definition) is 2. The maximum Gasteiger partial charge on any atom is 0.273 e. The molecule has 2 atom stereocenters. The molecule has 1 aromatic carbocycles. The van der Waals surface area contributed by atoms with Gasteiger partial charge in [0.1, 0.15) is 5.60 Å². The van der Waals surface area contributed by atoms with Crippen molar-refractivity contribution in [3.63, 3.8) is 0 Å². The van der Waals surface area contributed by atoms with Crippen LogP contribution in [0, 0.1) is 10.1 Å². The Morgan fingerprint density at radius 2 is 2.32 bits per heavy atom. The van der Waals surface area contributed by atoms with Gasteiger partial charge in [-0.25, -0.2) is 0 Å². The standard InChI is InChI=1S/C13H18N2O4/c1-10-13(16,6-7-19-10)9-14-8-11-4-2-3-5-12(11)15(17)18/h2-5,10,14,16H,6-9H2,1H3. The predicted molar refractivity (Wildman–Crippen MR) is 69.8 cm³/mol. The molecule has 1 saturated heterocycles. The Morgan fingerprint density at radius 1 is 1.58 bits per heavy atom. The Morgan fingerprint density at radius 3 is 2.95 bits per heavy atom. The van der Waals surface area contributed by atoms with Crippen LogP contribution in [0.15, 0.2) is 24.3 Å². The van der Waals surface area contributed by atoms with Crippen LogP contribution in [0.1, 0.15) is 18.9 Å². The number of para-hydroxylation sites is 1. The number of benzene rings is 1. The molecule has 1 aliphatic rings. The Bertz CT molecular complexity index is 466. The summed E-state index contributed by atoms with van der Waals surface area (Å²) >= 11 is 0. The lowest BCUT2D eigenvalue weighted by atomic mass is 9.96. The van der Waals surface area contributed by atoms with Gasteiger partial charge in [0.25, 0.3) is 5.69 Å². The maximum atomic E-state index is 10.9. The number of nitrogens with one attached hydrogen (secondary N) is 1. The summed E-state index contributed by atoms with van der Waals surface area (Å²) in [5, 5.41) is 24.2. The van der Waals surface area contributed by atoms with Gasteiger partial charge in [0.2, 0.25) is 0 Å². The molecule has 0 bridgehead atoms. The van der Waals surface area contributed by atoms with Crippen molar-refractivity contribution in [3.8, 4) is 0 Å². The van der Waals surface area contributed by atoms with Crippen LogP contribution >= 0.6 is 0 Å². The zero-order valence-electron chi connectivity index (χ0n) is 10.8. The first-order valence-electron chi connectivity index (χ1n) is 6.30. The minimum atomic E-state index is -0.885. The van der Waals surface area contributed by atoms with Gasteiger partial charge in [-0.05, 0) is 6.92 Å². The zero-order valence-corrected chi connectivity index (χ0v) is 10.8. The zero-order chi connectivity index (χ0) is 13.9. The lowest BCUT2D eigenvalue weighted by Crippen LogP contribution is -2.45. The Labute approximate surface area is 111 Å². The molecule has 0 aliphatic carbocycles. The van der Waals surface area contributed by atoms with Crippen molar-refractivity contribution in [3.05, 3.63) is 39.9 Å². The van der Waals surface area contributed by atoms with Crippen molar-refractivity contribution < 1.29 is 14.8 Å². The lowest BCUT2D eigenvalue weighted by molar-refractivity contribution is -0.385. The first-order valence-corrected chi connectivity index (χ1v) is 6.30. The molecule has 0 amide bonds. The Hall–Kier alpha value is -1.50. The van der Waals surface area contributed by atoms with Crippen LogP contribution < -0.4 is 5.32 Å². The maximum absolute atomic E-state index is 10.9. The van der Waals surface area contributed by atoms with E-state index >= 15 is 0 Å². The van der Waals surface area contributed by atoms with E-state index in [0.29, 0.717) is 31.7 Å². The van der Waals surface area contributed by atoms with Crippen molar-refractivity contribution in [2.24, 2.45) is 0 Å². The summed E-state index contributed by atoms with van der Waals surface area (Å²) in [5.74, 6) is 0. The van der Waals surface area contributed by atoms with Crippen molar-refractivity contribution in [1.29, 1.82) is 0 Å². The largest absolute Gasteiger partial charge is 0.386 e. The molecule has 0 aromatic heterocycles.